The summed E-state index contributed by atoms with van der Waals surface area (Å²) in [6, 6.07) is 12.5. The van der Waals surface area contributed by atoms with E-state index < -0.39 is 23.8 Å². The molecule has 41 heavy (non-hydrogen) atoms. The molecule has 1 fully saturated rings. The molecule has 8 nitrogen and oxygen atoms in total. The molecule has 3 amide bonds. The first kappa shape index (κ1) is 32.0. The predicted octanol–water partition coefficient (Wildman–Crippen LogP) is 5.96. The Labute approximate surface area is 244 Å². The van der Waals surface area contributed by atoms with Crippen molar-refractivity contribution >= 4 is 17.9 Å². The number of ether oxygens (including phenoxy) is 1. The molecule has 3 rings (SSSR count). The van der Waals surface area contributed by atoms with Crippen molar-refractivity contribution in [3.8, 4) is 5.75 Å². The van der Waals surface area contributed by atoms with Crippen molar-refractivity contribution in [3.05, 3.63) is 65.2 Å². The molecular formula is C33H47N3O5. The van der Waals surface area contributed by atoms with Gasteiger partial charge >= 0.3 is 6.09 Å². The quantitative estimate of drug-likeness (QED) is 0.312. The van der Waals surface area contributed by atoms with E-state index in [1.807, 2.05) is 38.1 Å². The van der Waals surface area contributed by atoms with Gasteiger partial charge in [-0.3, -0.25) is 9.59 Å². The molecule has 0 radical (unpaired) electrons. The van der Waals surface area contributed by atoms with Crippen LogP contribution in [0.1, 0.15) is 95.4 Å². The Kier molecular flexibility index (Phi) is 11.6. The highest BCUT2D eigenvalue weighted by Gasteiger charge is 2.37. The Morgan fingerprint density at radius 2 is 1.63 bits per heavy atom. The number of carbonyl (C=O) groups excluding carboxylic acids is 3. The van der Waals surface area contributed by atoms with Crippen molar-refractivity contribution < 1.29 is 24.2 Å². The van der Waals surface area contributed by atoms with Crippen LogP contribution in [0.5, 0.6) is 5.75 Å². The van der Waals surface area contributed by atoms with Gasteiger partial charge in [-0.05, 0) is 70.2 Å². The molecule has 0 spiro atoms. The van der Waals surface area contributed by atoms with Gasteiger partial charge in [0.05, 0.1) is 0 Å². The van der Waals surface area contributed by atoms with Crippen LogP contribution in [0, 0.1) is 6.92 Å². The SMILES string of the molecule is CCCCN(C(=O)C(Cc1ccc(O)cc1)NC(=O)OC(C)(C)C)C(C(=O)NC1CCCCC1)c1ccc(C)cc1. The van der Waals surface area contributed by atoms with Crippen LogP contribution in [-0.2, 0) is 20.7 Å². The van der Waals surface area contributed by atoms with E-state index in [4.69, 9.17) is 4.74 Å². The lowest BCUT2D eigenvalue weighted by molar-refractivity contribution is -0.143. The predicted molar refractivity (Wildman–Crippen MR) is 161 cm³/mol. The maximum Gasteiger partial charge on any atom is 0.408 e. The molecule has 0 aliphatic heterocycles. The van der Waals surface area contributed by atoms with Gasteiger partial charge in [0.15, 0.2) is 0 Å². The molecule has 2 atom stereocenters. The summed E-state index contributed by atoms with van der Waals surface area (Å²) in [5.74, 6) is -0.451. The number of rotatable bonds is 11. The minimum Gasteiger partial charge on any atom is -0.508 e. The zero-order chi connectivity index (χ0) is 30.0. The fraction of sp³-hybridized carbons (Fsp3) is 0.545. The summed E-state index contributed by atoms with van der Waals surface area (Å²) in [7, 11) is 0. The van der Waals surface area contributed by atoms with Crippen LogP contribution in [0.4, 0.5) is 4.79 Å². The third-order valence-corrected chi connectivity index (χ3v) is 7.31. The summed E-state index contributed by atoms with van der Waals surface area (Å²) in [5, 5.41) is 15.8. The van der Waals surface area contributed by atoms with Crippen molar-refractivity contribution in [2.45, 2.75) is 110 Å². The summed E-state index contributed by atoms with van der Waals surface area (Å²) in [6.45, 7) is 9.67. The van der Waals surface area contributed by atoms with Crippen molar-refractivity contribution in [1.29, 1.82) is 0 Å². The Balaban J connectivity index is 2.00. The van der Waals surface area contributed by atoms with E-state index in [2.05, 4.69) is 10.6 Å². The molecule has 1 aliphatic rings. The van der Waals surface area contributed by atoms with Gasteiger partial charge in [0, 0.05) is 19.0 Å². The van der Waals surface area contributed by atoms with Gasteiger partial charge in [-0.25, -0.2) is 4.79 Å². The number of unbranched alkanes of at least 4 members (excludes halogenated alkanes) is 1. The number of amides is 3. The Hall–Kier alpha value is -3.55. The first-order chi connectivity index (χ1) is 19.5. The van der Waals surface area contributed by atoms with Gasteiger partial charge in [0.1, 0.15) is 23.4 Å². The summed E-state index contributed by atoms with van der Waals surface area (Å²) < 4.78 is 5.50. The number of aryl methyl sites for hydroxylation is 1. The Morgan fingerprint density at radius 3 is 2.22 bits per heavy atom. The third-order valence-electron chi connectivity index (χ3n) is 7.31. The standard InChI is InChI=1S/C33H47N3O5/c1-6-7-21-36(29(25-17-13-23(2)14-18-25)30(38)34-26-11-9-8-10-12-26)31(39)28(35-32(40)41-33(3,4)5)22-24-15-19-27(37)20-16-24/h13-20,26,28-29,37H,6-12,21-22H2,1-5H3,(H,34,38)(H,35,40). The van der Waals surface area contributed by atoms with Crippen molar-refractivity contribution in [3.63, 3.8) is 0 Å². The second-order valence-corrected chi connectivity index (χ2v) is 12.1. The monoisotopic (exact) mass is 565 g/mol. The summed E-state index contributed by atoms with van der Waals surface area (Å²) >= 11 is 0. The van der Waals surface area contributed by atoms with Crippen LogP contribution < -0.4 is 10.6 Å². The van der Waals surface area contributed by atoms with E-state index in [1.165, 1.54) is 6.42 Å². The van der Waals surface area contributed by atoms with E-state index in [-0.39, 0.29) is 30.0 Å². The van der Waals surface area contributed by atoms with E-state index in [9.17, 15) is 19.5 Å². The second kappa shape index (κ2) is 14.9. The normalized spacial score (nSPS) is 15.4. The largest absolute Gasteiger partial charge is 0.508 e. The van der Waals surface area contributed by atoms with Crippen LogP contribution >= 0.6 is 0 Å². The average molecular weight is 566 g/mol. The molecule has 8 heteroatoms. The number of alkyl carbamates (subject to hydrolysis) is 1. The van der Waals surface area contributed by atoms with Gasteiger partial charge < -0.3 is 25.4 Å². The fourth-order valence-electron chi connectivity index (χ4n) is 5.16. The molecule has 0 saturated heterocycles. The van der Waals surface area contributed by atoms with Gasteiger partial charge in [-0.1, -0.05) is 74.6 Å². The zero-order valence-electron chi connectivity index (χ0n) is 25.2. The van der Waals surface area contributed by atoms with E-state index >= 15 is 0 Å². The Morgan fingerprint density at radius 1 is 1.00 bits per heavy atom. The average Bonchev–Trinajstić information content (AvgIpc) is 2.91. The van der Waals surface area contributed by atoms with Crippen LogP contribution in [0.2, 0.25) is 0 Å². The molecule has 0 aromatic heterocycles. The van der Waals surface area contributed by atoms with Crippen molar-refractivity contribution in [2.75, 3.05) is 6.54 Å². The van der Waals surface area contributed by atoms with Crippen LogP contribution in [0.25, 0.3) is 0 Å². The molecule has 1 saturated carbocycles. The lowest BCUT2D eigenvalue weighted by atomic mass is 9.94. The molecular weight excluding hydrogens is 518 g/mol. The van der Waals surface area contributed by atoms with Crippen LogP contribution in [0.3, 0.4) is 0 Å². The highest BCUT2D eigenvalue weighted by molar-refractivity contribution is 5.92. The number of hydrogen-bond donors (Lipinski definition) is 3. The summed E-state index contributed by atoms with van der Waals surface area (Å²) in [6.07, 6.45) is 6.18. The topological polar surface area (TPSA) is 108 Å². The number of aromatic hydroxyl groups is 1. The highest BCUT2D eigenvalue weighted by atomic mass is 16.6. The summed E-state index contributed by atoms with van der Waals surface area (Å²) in [5.41, 5.74) is 1.80. The second-order valence-electron chi connectivity index (χ2n) is 12.1. The molecule has 0 heterocycles. The van der Waals surface area contributed by atoms with Gasteiger partial charge in [0.2, 0.25) is 11.8 Å². The minimum absolute atomic E-state index is 0.0833. The first-order valence-corrected chi connectivity index (χ1v) is 14.9. The van der Waals surface area contributed by atoms with Crippen LogP contribution in [0.15, 0.2) is 48.5 Å². The Bertz CT molecular complexity index is 1130. The molecule has 2 unspecified atom stereocenters. The van der Waals surface area contributed by atoms with E-state index in [1.54, 1.807) is 49.9 Å². The number of nitrogens with zero attached hydrogens (tertiary/aromatic N) is 1. The maximum absolute atomic E-state index is 14.4. The highest BCUT2D eigenvalue weighted by Crippen LogP contribution is 2.26. The molecule has 2 aromatic rings. The van der Waals surface area contributed by atoms with Crippen molar-refractivity contribution in [1.82, 2.24) is 15.5 Å². The van der Waals surface area contributed by atoms with E-state index in [0.29, 0.717) is 13.0 Å². The molecule has 3 N–H and O–H groups in total. The number of carbonyl (C=O) groups is 3. The molecule has 1 aliphatic carbocycles. The lowest BCUT2D eigenvalue weighted by Crippen LogP contribution is -2.54. The summed E-state index contributed by atoms with van der Waals surface area (Å²) in [4.78, 5) is 42.9. The number of benzene rings is 2. The maximum atomic E-state index is 14.4. The first-order valence-electron chi connectivity index (χ1n) is 14.9. The number of nitrogens with one attached hydrogen (secondary N) is 2. The molecule has 224 valence electrons. The molecule has 0 bridgehead atoms. The third kappa shape index (κ3) is 10.1. The van der Waals surface area contributed by atoms with Gasteiger partial charge in [0.25, 0.3) is 0 Å². The number of hydrogen-bond acceptors (Lipinski definition) is 5. The molecule has 2 aromatic carbocycles. The van der Waals surface area contributed by atoms with Gasteiger partial charge in [-0.15, -0.1) is 0 Å². The lowest BCUT2D eigenvalue weighted by Gasteiger charge is -2.36. The van der Waals surface area contributed by atoms with E-state index in [0.717, 1.165) is 48.8 Å². The van der Waals surface area contributed by atoms with Crippen LogP contribution in [-0.4, -0.2) is 52.1 Å². The number of phenolic OH excluding ortho intramolecular Hbond substituents is 1. The van der Waals surface area contributed by atoms with Crippen molar-refractivity contribution in [2.24, 2.45) is 0 Å². The fourth-order valence-corrected chi connectivity index (χ4v) is 5.16. The number of phenols is 1. The van der Waals surface area contributed by atoms with Gasteiger partial charge in [-0.2, -0.15) is 0 Å². The smallest absolute Gasteiger partial charge is 0.408 e. The minimum atomic E-state index is -0.985. The zero-order valence-corrected chi connectivity index (χ0v) is 25.2.